The van der Waals surface area contributed by atoms with Gasteiger partial charge < -0.3 is 15.2 Å². The maximum atomic E-state index is 11.9. The number of carbonyl (C=O) groups is 1. The van der Waals surface area contributed by atoms with Crippen LogP contribution >= 0.6 is 23.2 Å². The third-order valence-electron chi connectivity index (χ3n) is 2.91. The molecule has 0 bridgehead atoms. The summed E-state index contributed by atoms with van der Waals surface area (Å²) in [5, 5.41) is 13.6. The number of benzene rings is 1. The summed E-state index contributed by atoms with van der Waals surface area (Å²) in [5.41, 5.74) is -0.416. The summed E-state index contributed by atoms with van der Waals surface area (Å²) in [6.45, 7) is 2.23. The largest absolute Gasteiger partial charge is 0.388 e. The molecule has 0 aliphatic rings. The first-order chi connectivity index (χ1) is 9.35. The van der Waals surface area contributed by atoms with Crippen LogP contribution < -0.4 is 5.32 Å². The molecule has 1 rings (SSSR count). The van der Waals surface area contributed by atoms with Crippen molar-refractivity contribution >= 4 is 29.1 Å². The Kier molecular flexibility index (Phi) is 6.76. The Labute approximate surface area is 129 Å². The van der Waals surface area contributed by atoms with E-state index in [-0.39, 0.29) is 18.9 Å². The van der Waals surface area contributed by atoms with Gasteiger partial charge in [-0.15, -0.1) is 0 Å². The minimum absolute atomic E-state index is 0.0822. The SMILES string of the molecule is COCCC(C)(O)CNC(=O)Cc1c(Cl)cccc1Cl. The molecule has 20 heavy (non-hydrogen) atoms. The van der Waals surface area contributed by atoms with E-state index < -0.39 is 5.60 Å². The second-order valence-corrected chi connectivity index (χ2v) is 5.71. The van der Waals surface area contributed by atoms with Gasteiger partial charge in [0.15, 0.2) is 0 Å². The van der Waals surface area contributed by atoms with Crippen LogP contribution in [0.4, 0.5) is 0 Å². The number of rotatable bonds is 7. The number of ether oxygens (including phenoxy) is 1. The summed E-state index contributed by atoms with van der Waals surface area (Å²) in [5.74, 6) is -0.238. The molecule has 4 nitrogen and oxygen atoms in total. The number of halogens is 2. The summed E-state index contributed by atoms with van der Waals surface area (Å²) in [4.78, 5) is 11.9. The zero-order chi connectivity index (χ0) is 15.2. The lowest BCUT2D eigenvalue weighted by Gasteiger charge is -2.23. The minimum Gasteiger partial charge on any atom is -0.388 e. The average molecular weight is 320 g/mol. The molecule has 0 saturated heterocycles. The van der Waals surface area contributed by atoms with Gasteiger partial charge in [-0.05, 0) is 24.6 Å². The highest BCUT2D eigenvalue weighted by Gasteiger charge is 2.21. The van der Waals surface area contributed by atoms with Crippen LogP contribution in [0.15, 0.2) is 18.2 Å². The van der Waals surface area contributed by atoms with Crippen molar-refractivity contribution in [3.63, 3.8) is 0 Å². The molecule has 0 aliphatic heterocycles. The van der Waals surface area contributed by atoms with Gasteiger partial charge >= 0.3 is 0 Å². The number of carbonyl (C=O) groups excluding carboxylic acids is 1. The number of nitrogens with one attached hydrogen (secondary N) is 1. The Morgan fingerprint density at radius 2 is 2.00 bits per heavy atom. The van der Waals surface area contributed by atoms with Gasteiger partial charge in [0.25, 0.3) is 0 Å². The molecule has 1 aromatic rings. The third kappa shape index (κ3) is 5.67. The van der Waals surface area contributed by atoms with E-state index >= 15 is 0 Å². The van der Waals surface area contributed by atoms with E-state index in [9.17, 15) is 9.90 Å². The van der Waals surface area contributed by atoms with Crippen molar-refractivity contribution in [3.8, 4) is 0 Å². The van der Waals surface area contributed by atoms with Crippen LogP contribution in [0.3, 0.4) is 0 Å². The highest BCUT2D eigenvalue weighted by molar-refractivity contribution is 6.36. The van der Waals surface area contributed by atoms with Crippen molar-refractivity contribution in [2.75, 3.05) is 20.3 Å². The van der Waals surface area contributed by atoms with Crippen molar-refractivity contribution in [3.05, 3.63) is 33.8 Å². The maximum absolute atomic E-state index is 11.9. The first-order valence-corrected chi connectivity index (χ1v) is 7.02. The van der Waals surface area contributed by atoms with Crippen LogP contribution in [0.5, 0.6) is 0 Å². The number of methoxy groups -OCH3 is 1. The smallest absolute Gasteiger partial charge is 0.224 e. The monoisotopic (exact) mass is 319 g/mol. The van der Waals surface area contributed by atoms with Gasteiger partial charge in [0.1, 0.15) is 0 Å². The maximum Gasteiger partial charge on any atom is 0.224 e. The molecule has 0 heterocycles. The summed E-state index contributed by atoms with van der Waals surface area (Å²) >= 11 is 12.0. The van der Waals surface area contributed by atoms with Gasteiger partial charge in [-0.3, -0.25) is 4.79 Å². The van der Waals surface area contributed by atoms with E-state index in [4.69, 9.17) is 27.9 Å². The number of hydrogen-bond acceptors (Lipinski definition) is 3. The number of amides is 1. The topological polar surface area (TPSA) is 58.6 Å². The zero-order valence-corrected chi connectivity index (χ0v) is 13.1. The van der Waals surface area contributed by atoms with Crippen molar-refractivity contribution in [2.45, 2.75) is 25.4 Å². The molecule has 0 spiro atoms. The molecule has 0 saturated carbocycles. The molecular weight excluding hydrogens is 301 g/mol. The first kappa shape index (κ1) is 17.2. The second kappa shape index (κ2) is 7.84. The lowest BCUT2D eigenvalue weighted by molar-refractivity contribution is -0.121. The molecule has 2 N–H and O–H groups in total. The number of aliphatic hydroxyl groups is 1. The Hall–Kier alpha value is -0.810. The quantitative estimate of drug-likeness (QED) is 0.811. The Morgan fingerprint density at radius 1 is 1.40 bits per heavy atom. The molecule has 1 atom stereocenters. The van der Waals surface area contributed by atoms with Crippen LogP contribution in [0.25, 0.3) is 0 Å². The first-order valence-electron chi connectivity index (χ1n) is 6.26. The molecule has 0 radical (unpaired) electrons. The van der Waals surface area contributed by atoms with Gasteiger partial charge in [0, 0.05) is 36.7 Å². The van der Waals surface area contributed by atoms with E-state index in [2.05, 4.69) is 5.32 Å². The third-order valence-corrected chi connectivity index (χ3v) is 3.62. The zero-order valence-electron chi connectivity index (χ0n) is 11.6. The molecule has 1 amide bonds. The predicted molar refractivity (Wildman–Crippen MR) is 80.3 cm³/mol. The van der Waals surface area contributed by atoms with Gasteiger partial charge in [-0.1, -0.05) is 29.3 Å². The summed E-state index contributed by atoms with van der Waals surface area (Å²) < 4.78 is 4.90. The Morgan fingerprint density at radius 3 is 2.55 bits per heavy atom. The van der Waals surface area contributed by atoms with E-state index in [0.29, 0.717) is 28.6 Å². The molecule has 0 aliphatic carbocycles. The standard InChI is InChI=1S/C14H19Cl2NO3/c1-14(19,6-7-20-2)9-17-13(18)8-10-11(15)4-3-5-12(10)16/h3-5,19H,6-9H2,1-2H3,(H,17,18). The van der Waals surface area contributed by atoms with Gasteiger partial charge in [0.05, 0.1) is 12.0 Å². The highest BCUT2D eigenvalue weighted by atomic mass is 35.5. The summed E-state index contributed by atoms with van der Waals surface area (Å²) in [6, 6.07) is 5.09. The molecular formula is C14H19Cl2NO3. The molecule has 1 aromatic carbocycles. The molecule has 112 valence electrons. The Bertz CT molecular complexity index is 443. The fourth-order valence-electron chi connectivity index (χ4n) is 1.62. The van der Waals surface area contributed by atoms with Crippen molar-refractivity contribution in [1.29, 1.82) is 0 Å². The van der Waals surface area contributed by atoms with Crippen LogP contribution in [-0.2, 0) is 16.0 Å². The molecule has 0 aromatic heterocycles. The van der Waals surface area contributed by atoms with Gasteiger partial charge in [0.2, 0.25) is 5.91 Å². The fraction of sp³-hybridized carbons (Fsp3) is 0.500. The fourth-order valence-corrected chi connectivity index (χ4v) is 2.15. The van der Waals surface area contributed by atoms with Crippen molar-refractivity contribution in [2.24, 2.45) is 0 Å². The number of hydrogen-bond donors (Lipinski definition) is 2. The predicted octanol–water partition coefficient (Wildman–Crippen LogP) is 2.44. The van der Waals surface area contributed by atoms with Crippen LogP contribution in [0.1, 0.15) is 18.9 Å². The Balaban J connectivity index is 2.52. The van der Waals surface area contributed by atoms with Crippen LogP contribution in [0.2, 0.25) is 10.0 Å². The van der Waals surface area contributed by atoms with Crippen molar-refractivity contribution < 1.29 is 14.6 Å². The van der Waals surface area contributed by atoms with Crippen LogP contribution in [0, 0.1) is 0 Å². The minimum atomic E-state index is -1.00. The molecule has 0 fully saturated rings. The molecule has 6 heteroatoms. The van der Waals surface area contributed by atoms with Gasteiger partial charge in [-0.2, -0.15) is 0 Å². The lowest BCUT2D eigenvalue weighted by Crippen LogP contribution is -2.41. The van der Waals surface area contributed by atoms with Crippen molar-refractivity contribution in [1.82, 2.24) is 5.32 Å². The summed E-state index contributed by atoms with van der Waals surface area (Å²) in [7, 11) is 1.56. The molecule has 1 unspecified atom stereocenters. The second-order valence-electron chi connectivity index (χ2n) is 4.89. The van der Waals surface area contributed by atoms with E-state index in [0.717, 1.165) is 0 Å². The average Bonchev–Trinajstić information content (AvgIpc) is 2.39. The van der Waals surface area contributed by atoms with Gasteiger partial charge in [-0.25, -0.2) is 0 Å². The van der Waals surface area contributed by atoms with Crippen LogP contribution in [-0.4, -0.2) is 36.9 Å². The van der Waals surface area contributed by atoms with E-state index in [1.807, 2.05) is 0 Å². The normalized spacial score (nSPS) is 13.8. The lowest BCUT2D eigenvalue weighted by atomic mass is 10.0. The van der Waals surface area contributed by atoms with E-state index in [1.54, 1.807) is 32.2 Å². The highest BCUT2D eigenvalue weighted by Crippen LogP contribution is 2.24. The van der Waals surface area contributed by atoms with E-state index in [1.165, 1.54) is 0 Å². The summed E-state index contributed by atoms with van der Waals surface area (Å²) in [6.07, 6.45) is 0.523.